The van der Waals surface area contributed by atoms with Gasteiger partial charge in [-0.2, -0.15) is 0 Å². The van der Waals surface area contributed by atoms with E-state index in [0.29, 0.717) is 4.47 Å². The molecule has 0 aliphatic rings. The molecule has 21 heavy (non-hydrogen) atoms. The van der Waals surface area contributed by atoms with E-state index in [9.17, 15) is 14.0 Å². The van der Waals surface area contributed by atoms with Crippen molar-refractivity contribution in [2.24, 2.45) is 0 Å². The first kappa shape index (κ1) is 15.0. The van der Waals surface area contributed by atoms with Gasteiger partial charge in [0.05, 0.1) is 6.26 Å². The minimum Gasteiger partial charge on any atom is -0.459 e. The highest BCUT2D eigenvalue weighted by Crippen LogP contribution is 2.16. The van der Waals surface area contributed by atoms with Crippen LogP contribution in [0.2, 0.25) is 0 Å². The van der Waals surface area contributed by atoms with Crippen LogP contribution in [0.4, 0.5) is 4.39 Å². The molecule has 2 N–H and O–H groups in total. The van der Waals surface area contributed by atoms with E-state index in [1.165, 1.54) is 30.5 Å². The standard InChI is InChI=1S/C14H10BrFN2O3/c15-10-4-5-11(16)9(8-10)3-6-13(19)17-18-14(20)12-2-1-7-21-12/h1-8H,(H,17,19)(H,18,20). The number of furan rings is 1. The zero-order chi connectivity index (χ0) is 15.2. The smallest absolute Gasteiger partial charge is 0.305 e. The number of benzene rings is 1. The van der Waals surface area contributed by atoms with E-state index < -0.39 is 17.6 Å². The van der Waals surface area contributed by atoms with Gasteiger partial charge in [0.1, 0.15) is 5.82 Å². The number of hydrogen-bond acceptors (Lipinski definition) is 3. The molecule has 0 spiro atoms. The lowest BCUT2D eigenvalue weighted by Crippen LogP contribution is -2.40. The van der Waals surface area contributed by atoms with Crippen LogP contribution < -0.4 is 10.9 Å². The van der Waals surface area contributed by atoms with Crippen molar-refractivity contribution in [3.05, 3.63) is 64.3 Å². The second-order valence-corrected chi connectivity index (χ2v) is 4.84. The van der Waals surface area contributed by atoms with Gasteiger partial charge in [0.2, 0.25) is 0 Å². The summed E-state index contributed by atoms with van der Waals surface area (Å²) in [5, 5.41) is 0. The quantitative estimate of drug-likeness (QED) is 0.658. The van der Waals surface area contributed by atoms with Gasteiger partial charge < -0.3 is 4.42 Å². The third-order valence-electron chi connectivity index (χ3n) is 2.42. The van der Waals surface area contributed by atoms with Crippen LogP contribution in [0.25, 0.3) is 6.08 Å². The van der Waals surface area contributed by atoms with E-state index in [-0.39, 0.29) is 11.3 Å². The Labute approximate surface area is 127 Å². The van der Waals surface area contributed by atoms with Crippen LogP contribution in [-0.4, -0.2) is 11.8 Å². The molecule has 2 rings (SSSR count). The van der Waals surface area contributed by atoms with Crippen molar-refractivity contribution in [2.45, 2.75) is 0 Å². The molecular formula is C14H10BrFN2O3. The van der Waals surface area contributed by atoms with Gasteiger partial charge in [-0.3, -0.25) is 20.4 Å². The molecular weight excluding hydrogens is 343 g/mol. The molecule has 0 fully saturated rings. The van der Waals surface area contributed by atoms with Crippen molar-refractivity contribution < 1.29 is 18.4 Å². The van der Waals surface area contributed by atoms with Crippen molar-refractivity contribution >= 4 is 33.8 Å². The topological polar surface area (TPSA) is 71.3 Å². The predicted octanol–water partition coefficient (Wildman–Crippen LogP) is 2.66. The highest BCUT2D eigenvalue weighted by molar-refractivity contribution is 9.10. The Morgan fingerprint density at radius 2 is 2.05 bits per heavy atom. The minimum absolute atomic E-state index is 0.0670. The molecule has 0 unspecified atom stereocenters. The molecule has 0 bridgehead atoms. The van der Waals surface area contributed by atoms with Crippen LogP contribution in [-0.2, 0) is 4.79 Å². The Kier molecular flexibility index (Phi) is 4.89. The van der Waals surface area contributed by atoms with Crippen molar-refractivity contribution in [3.8, 4) is 0 Å². The summed E-state index contributed by atoms with van der Waals surface area (Å²) in [5.74, 6) is -1.58. The third kappa shape index (κ3) is 4.28. The van der Waals surface area contributed by atoms with E-state index >= 15 is 0 Å². The van der Waals surface area contributed by atoms with Gasteiger partial charge in [0.15, 0.2) is 5.76 Å². The van der Waals surface area contributed by atoms with Gasteiger partial charge in [0.25, 0.3) is 5.91 Å². The first-order valence-corrected chi connectivity index (χ1v) is 6.62. The molecule has 0 radical (unpaired) electrons. The maximum Gasteiger partial charge on any atom is 0.305 e. The van der Waals surface area contributed by atoms with Crippen molar-refractivity contribution in [3.63, 3.8) is 0 Å². The average Bonchev–Trinajstić information content (AvgIpc) is 3.00. The minimum atomic E-state index is -0.603. The number of amides is 2. The van der Waals surface area contributed by atoms with Gasteiger partial charge in [-0.15, -0.1) is 0 Å². The normalized spacial score (nSPS) is 10.6. The number of hydrogen-bond donors (Lipinski definition) is 2. The number of halogens is 2. The molecule has 0 aliphatic heterocycles. The fourth-order valence-electron chi connectivity index (χ4n) is 1.44. The molecule has 1 aromatic carbocycles. The summed E-state index contributed by atoms with van der Waals surface area (Å²) in [6.45, 7) is 0. The lowest BCUT2D eigenvalue weighted by molar-refractivity contribution is -0.117. The predicted molar refractivity (Wildman–Crippen MR) is 77.5 cm³/mol. The van der Waals surface area contributed by atoms with Crippen LogP contribution >= 0.6 is 15.9 Å². The first-order chi connectivity index (χ1) is 10.1. The lowest BCUT2D eigenvalue weighted by atomic mass is 10.2. The van der Waals surface area contributed by atoms with E-state index in [1.807, 2.05) is 0 Å². The highest BCUT2D eigenvalue weighted by atomic mass is 79.9. The second kappa shape index (κ2) is 6.85. The number of carbonyl (C=O) groups is 2. The van der Waals surface area contributed by atoms with Gasteiger partial charge >= 0.3 is 5.91 Å². The Morgan fingerprint density at radius 1 is 1.24 bits per heavy atom. The summed E-state index contributed by atoms with van der Waals surface area (Å²) >= 11 is 3.21. The number of nitrogens with one attached hydrogen (secondary N) is 2. The van der Waals surface area contributed by atoms with Crippen molar-refractivity contribution in [1.82, 2.24) is 10.9 Å². The molecule has 0 saturated carbocycles. The van der Waals surface area contributed by atoms with Gasteiger partial charge in [-0.25, -0.2) is 4.39 Å². The van der Waals surface area contributed by atoms with Gasteiger partial charge in [0, 0.05) is 16.1 Å². The molecule has 5 nitrogen and oxygen atoms in total. The average molecular weight is 353 g/mol. The molecule has 7 heteroatoms. The summed E-state index contributed by atoms with van der Waals surface area (Å²) in [6.07, 6.45) is 3.74. The summed E-state index contributed by atoms with van der Waals surface area (Å²) in [7, 11) is 0. The highest BCUT2D eigenvalue weighted by Gasteiger charge is 2.08. The number of hydrazine groups is 1. The maximum absolute atomic E-state index is 13.4. The molecule has 2 amide bonds. The molecule has 1 heterocycles. The molecule has 1 aromatic heterocycles. The Bertz CT molecular complexity index is 684. The van der Waals surface area contributed by atoms with Crippen molar-refractivity contribution in [2.75, 3.05) is 0 Å². The van der Waals surface area contributed by atoms with Crippen LogP contribution in [0.5, 0.6) is 0 Å². The zero-order valence-electron chi connectivity index (χ0n) is 10.6. The van der Waals surface area contributed by atoms with Crippen LogP contribution in [0, 0.1) is 5.82 Å². The lowest BCUT2D eigenvalue weighted by Gasteiger charge is -2.03. The zero-order valence-corrected chi connectivity index (χ0v) is 12.2. The summed E-state index contributed by atoms with van der Waals surface area (Å²) in [4.78, 5) is 23.0. The number of rotatable bonds is 3. The largest absolute Gasteiger partial charge is 0.459 e. The van der Waals surface area contributed by atoms with Crippen LogP contribution in [0.15, 0.2) is 51.6 Å². The van der Waals surface area contributed by atoms with Gasteiger partial charge in [-0.05, 0) is 36.4 Å². The van der Waals surface area contributed by atoms with Crippen LogP contribution in [0.1, 0.15) is 16.1 Å². The fraction of sp³-hybridized carbons (Fsp3) is 0. The molecule has 0 saturated heterocycles. The summed E-state index contributed by atoms with van der Waals surface area (Å²) in [6, 6.07) is 7.36. The third-order valence-corrected chi connectivity index (χ3v) is 2.91. The van der Waals surface area contributed by atoms with Crippen molar-refractivity contribution in [1.29, 1.82) is 0 Å². The summed E-state index contributed by atoms with van der Waals surface area (Å²) < 4.78 is 19.0. The van der Waals surface area contributed by atoms with E-state index in [2.05, 4.69) is 26.8 Å². The van der Waals surface area contributed by atoms with E-state index in [4.69, 9.17) is 4.42 Å². The second-order valence-electron chi connectivity index (χ2n) is 3.92. The number of carbonyl (C=O) groups excluding carboxylic acids is 2. The fourth-order valence-corrected chi connectivity index (χ4v) is 1.82. The van der Waals surface area contributed by atoms with Gasteiger partial charge in [-0.1, -0.05) is 15.9 Å². The Morgan fingerprint density at radius 3 is 2.76 bits per heavy atom. The van der Waals surface area contributed by atoms with E-state index in [0.717, 1.165) is 6.08 Å². The first-order valence-electron chi connectivity index (χ1n) is 5.83. The maximum atomic E-state index is 13.4. The molecule has 108 valence electrons. The van der Waals surface area contributed by atoms with E-state index in [1.54, 1.807) is 12.1 Å². The monoisotopic (exact) mass is 352 g/mol. The SMILES string of the molecule is O=C(C=Cc1cc(Br)ccc1F)NNC(=O)c1ccco1. The Hall–Kier alpha value is -2.41. The van der Waals surface area contributed by atoms with Crippen LogP contribution in [0.3, 0.4) is 0 Å². The molecule has 2 aromatic rings. The molecule has 0 aliphatic carbocycles. The Balaban J connectivity index is 1.91. The summed E-state index contributed by atoms with van der Waals surface area (Å²) in [5.41, 5.74) is 4.56. The molecule has 0 atom stereocenters.